The van der Waals surface area contributed by atoms with Gasteiger partial charge in [0.15, 0.2) is 0 Å². The van der Waals surface area contributed by atoms with E-state index in [1.165, 1.54) is 18.8 Å². The van der Waals surface area contributed by atoms with Crippen LogP contribution >= 0.6 is 11.8 Å². The maximum absolute atomic E-state index is 11.5. The Balaban J connectivity index is 2.56. The second-order valence-electron chi connectivity index (χ2n) is 3.45. The van der Waals surface area contributed by atoms with Crippen LogP contribution in [0.1, 0.15) is 18.4 Å². The van der Waals surface area contributed by atoms with Crippen LogP contribution in [0.3, 0.4) is 0 Å². The summed E-state index contributed by atoms with van der Waals surface area (Å²) in [5.74, 6) is 0.342. The third-order valence-corrected chi connectivity index (χ3v) is 3.06. The van der Waals surface area contributed by atoms with Crippen molar-refractivity contribution in [3.8, 4) is 0 Å². The molecule has 17 heavy (non-hydrogen) atoms. The van der Waals surface area contributed by atoms with Gasteiger partial charge >= 0.3 is 6.03 Å². The Morgan fingerprint density at radius 2 is 2.06 bits per heavy atom. The molecule has 94 valence electrons. The number of hydrogen-bond acceptors (Lipinski definition) is 5. The highest BCUT2D eigenvalue weighted by Gasteiger charge is 2.19. The van der Waals surface area contributed by atoms with Crippen LogP contribution in [-0.2, 0) is 4.79 Å². The summed E-state index contributed by atoms with van der Waals surface area (Å²) in [5, 5.41) is 4.48. The van der Waals surface area contributed by atoms with E-state index >= 15 is 0 Å². The van der Waals surface area contributed by atoms with Gasteiger partial charge in [-0.2, -0.15) is 0 Å². The number of imide groups is 1. The van der Waals surface area contributed by atoms with E-state index < -0.39 is 11.3 Å². The first-order valence-corrected chi connectivity index (χ1v) is 5.95. The van der Waals surface area contributed by atoms with Crippen LogP contribution in [0, 0.1) is 13.8 Å². The van der Waals surface area contributed by atoms with Crippen molar-refractivity contribution in [3.63, 3.8) is 0 Å². The lowest BCUT2D eigenvalue weighted by molar-refractivity contribution is -0.119. The minimum atomic E-state index is -0.526. The molecular formula is C10H15N3O3S. The van der Waals surface area contributed by atoms with E-state index in [-0.39, 0.29) is 5.91 Å². The zero-order chi connectivity index (χ0) is 13.0. The summed E-state index contributed by atoms with van der Waals surface area (Å²) < 4.78 is 5.34. The lowest BCUT2D eigenvalue weighted by Gasteiger charge is -2.08. The van der Waals surface area contributed by atoms with Crippen molar-refractivity contribution in [2.24, 2.45) is 0 Å². The molecule has 7 heteroatoms. The monoisotopic (exact) mass is 257 g/mol. The van der Waals surface area contributed by atoms with Crippen LogP contribution in [0.15, 0.2) is 9.64 Å². The maximum atomic E-state index is 11.5. The van der Waals surface area contributed by atoms with Crippen molar-refractivity contribution < 1.29 is 14.0 Å². The Kier molecular flexibility index (Phi) is 4.56. The number of hydrogen-bond donors (Lipinski definition) is 2. The average molecular weight is 257 g/mol. The van der Waals surface area contributed by atoms with Crippen molar-refractivity contribution in [2.45, 2.75) is 31.2 Å². The first-order valence-electron chi connectivity index (χ1n) is 5.07. The highest BCUT2D eigenvalue weighted by molar-refractivity contribution is 8.00. The molecule has 6 nitrogen and oxygen atoms in total. The van der Waals surface area contributed by atoms with Gasteiger partial charge in [-0.25, -0.2) is 9.78 Å². The van der Waals surface area contributed by atoms with E-state index in [1.54, 1.807) is 6.92 Å². The van der Waals surface area contributed by atoms with Crippen LogP contribution in [0.25, 0.3) is 0 Å². The van der Waals surface area contributed by atoms with Gasteiger partial charge in [-0.1, -0.05) is 11.8 Å². The zero-order valence-electron chi connectivity index (χ0n) is 10.2. The quantitative estimate of drug-likeness (QED) is 0.795. The van der Waals surface area contributed by atoms with Crippen molar-refractivity contribution in [3.05, 3.63) is 11.5 Å². The van der Waals surface area contributed by atoms with Gasteiger partial charge in [0.2, 0.25) is 5.91 Å². The Hall–Kier alpha value is -1.50. The molecule has 0 bridgehead atoms. The lowest BCUT2D eigenvalue weighted by Crippen LogP contribution is -2.41. The van der Waals surface area contributed by atoms with Crippen LogP contribution in [0.5, 0.6) is 0 Å². The molecule has 0 saturated heterocycles. The molecule has 0 aliphatic rings. The van der Waals surface area contributed by atoms with Gasteiger partial charge in [0.1, 0.15) is 5.76 Å². The smallest absolute Gasteiger partial charge is 0.321 e. The highest BCUT2D eigenvalue weighted by atomic mass is 32.2. The molecule has 3 amide bonds. The number of thioether (sulfide) groups is 1. The summed E-state index contributed by atoms with van der Waals surface area (Å²) in [5.41, 5.74) is 0.798. The molecule has 0 aromatic carbocycles. The number of nitrogens with zero attached hydrogens (tertiary/aromatic N) is 1. The highest BCUT2D eigenvalue weighted by Crippen LogP contribution is 2.24. The number of carbonyl (C=O) groups is 2. The predicted octanol–water partition coefficient (Wildman–Crippen LogP) is 1.23. The summed E-state index contributed by atoms with van der Waals surface area (Å²) in [6, 6.07) is -0.526. The van der Waals surface area contributed by atoms with E-state index in [2.05, 4.69) is 15.6 Å². The molecule has 0 aliphatic heterocycles. The Morgan fingerprint density at radius 3 is 2.53 bits per heavy atom. The average Bonchev–Trinajstić information content (AvgIpc) is 2.57. The summed E-state index contributed by atoms with van der Waals surface area (Å²) in [6.45, 7) is 5.32. The summed E-state index contributed by atoms with van der Waals surface area (Å²) in [4.78, 5) is 26.6. The number of aryl methyl sites for hydroxylation is 2. The number of nitrogens with one attached hydrogen (secondary N) is 2. The summed E-state index contributed by atoms with van der Waals surface area (Å²) in [6.07, 6.45) is 0. The van der Waals surface area contributed by atoms with Gasteiger partial charge in [0.05, 0.1) is 10.9 Å². The third kappa shape index (κ3) is 3.77. The van der Waals surface area contributed by atoms with E-state index in [0.29, 0.717) is 5.22 Å². The molecule has 0 unspecified atom stereocenters. The molecule has 1 aromatic heterocycles. The second-order valence-corrected chi connectivity index (χ2v) is 4.74. The van der Waals surface area contributed by atoms with E-state index in [0.717, 1.165) is 11.5 Å². The summed E-state index contributed by atoms with van der Waals surface area (Å²) >= 11 is 1.17. The third-order valence-electron chi connectivity index (χ3n) is 2.12. The zero-order valence-corrected chi connectivity index (χ0v) is 11.0. The van der Waals surface area contributed by atoms with Gasteiger partial charge < -0.3 is 9.73 Å². The largest absolute Gasteiger partial charge is 0.437 e. The second kappa shape index (κ2) is 5.72. The first kappa shape index (κ1) is 13.6. The molecule has 0 aliphatic carbocycles. The molecule has 2 N–H and O–H groups in total. The minimum absolute atomic E-state index is 0.386. The standard InChI is InChI=1S/C10H15N3O3S/c1-5-6(2)16-10(12-5)17-7(3)8(14)13-9(15)11-4/h7H,1-4H3,(H2,11,13,14,15)/t7-/m0/s1. The Labute approximate surface area is 104 Å². The fourth-order valence-electron chi connectivity index (χ4n) is 0.974. The van der Waals surface area contributed by atoms with Crippen molar-refractivity contribution >= 4 is 23.7 Å². The molecule has 0 spiro atoms. The van der Waals surface area contributed by atoms with E-state index in [9.17, 15) is 9.59 Å². The molecule has 1 aromatic rings. The van der Waals surface area contributed by atoms with Crippen LogP contribution < -0.4 is 10.6 Å². The number of amides is 3. The number of carbonyl (C=O) groups excluding carboxylic acids is 2. The van der Waals surface area contributed by atoms with Gasteiger partial charge in [-0.15, -0.1) is 0 Å². The molecule has 0 saturated carbocycles. The van der Waals surface area contributed by atoms with E-state index in [4.69, 9.17) is 4.42 Å². The number of aromatic nitrogens is 1. The number of oxazole rings is 1. The molecule has 1 heterocycles. The minimum Gasteiger partial charge on any atom is -0.437 e. The van der Waals surface area contributed by atoms with Gasteiger partial charge in [-0.05, 0) is 20.8 Å². The van der Waals surface area contributed by atoms with Gasteiger partial charge in [-0.3, -0.25) is 10.1 Å². The topological polar surface area (TPSA) is 84.2 Å². The Morgan fingerprint density at radius 1 is 1.41 bits per heavy atom. The SMILES string of the molecule is CNC(=O)NC(=O)[C@H](C)Sc1nc(C)c(C)o1. The molecule has 1 rings (SSSR count). The summed E-state index contributed by atoms with van der Waals surface area (Å²) in [7, 11) is 1.45. The molecule has 0 fully saturated rings. The number of urea groups is 1. The van der Waals surface area contributed by atoms with Crippen molar-refractivity contribution in [1.82, 2.24) is 15.6 Å². The molecule has 0 radical (unpaired) electrons. The van der Waals surface area contributed by atoms with Gasteiger partial charge in [0, 0.05) is 7.05 Å². The van der Waals surface area contributed by atoms with E-state index in [1.807, 2.05) is 13.8 Å². The normalized spacial score (nSPS) is 12.0. The maximum Gasteiger partial charge on any atom is 0.321 e. The van der Waals surface area contributed by atoms with Crippen LogP contribution in [0.2, 0.25) is 0 Å². The fraction of sp³-hybridized carbons (Fsp3) is 0.500. The lowest BCUT2D eigenvalue weighted by atomic mass is 10.4. The predicted molar refractivity (Wildman–Crippen MR) is 63.9 cm³/mol. The Bertz CT molecular complexity index is 411. The van der Waals surface area contributed by atoms with Crippen LogP contribution in [-0.4, -0.2) is 29.2 Å². The van der Waals surface area contributed by atoms with Gasteiger partial charge in [0.25, 0.3) is 5.22 Å². The van der Waals surface area contributed by atoms with Crippen molar-refractivity contribution in [1.29, 1.82) is 0 Å². The van der Waals surface area contributed by atoms with Crippen LogP contribution in [0.4, 0.5) is 4.79 Å². The number of rotatable bonds is 3. The first-order chi connectivity index (χ1) is 7.93. The van der Waals surface area contributed by atoms with Crippen molar-refractivity contribution in [2.75, 3.05) is 7.05 Å². The molecule has 1 atom stereocenters. The fourth-order valence-corrected chi connectivity index (χ4v) is 1.81. The molecular weight excluding hydrogens is 242 g/mol.